The number of carboxylic acid groups (broad SMARTS) is 1. The molecule has 2 aromatic carbocycles. The molecule has 0 bridgehead atoms. The lowest BCUT2D eigenvalue weighted by molar-refractivity contribution is -0.179. The van der Waals surface area contributed by atoms with Crippen LogP contribution in [0, 0.1) is 17.3 Å². The van der Waals surface area contributed by atoms with E-state index in [-0.39, 0.29) is 62.9 Å². The fourth-order valence-electron chi connectivity index (χ4n) is 7.17. The molecule has 2 heterocycles. The van der Waals surface area contributed by atoms with E-state index < -0.39 is 53.4 Å². The lowest BCUT2D eigenvalue weighted by Crippen LogP contribution is -2.51. The summed E-state index contributed by atoms with van der Waals surface area (Å²) in [5.41, 5.74) is 1.54. The summed E-state index contributed by atoms with van der Waals surface area (Å²) in [6, 6.07) is 12.3. The fourth-order valence-corrected chi connectivity index (χ4v) is 7.45. The first-order chi connectivity index (χ1) is 32.0. The number of cyclic esters (lactones) is 2. The molecule has 2 aliphatic rings. The minimum Gasteiger partial charge on any atom is -0.495 e. The van der Waals surface area contributed by atoms with Gasteiger partial charge in [-0.3, -0.25) is 24.1 Å². The van der Waals surface area contributed by atoms with Crippen molar-refractivity contribution in [3.8, 4) is 5.75 Å². The maximum Gasteiger partial charge on any atom is 0.347 e. The highest BCUT2D eigenvalue weighted by atomic mass is 35.5. The van der Waals surface area contributed by atoms with Crippen LogP contribution in [-0.4, -0.2) is 144 Å². The second-order valence-electron chi connectivity index (χ2n) is 17.9. The van der Waals surface area contributed by atoms with Crippen LogP contribution >= 0.6 is 11.6 Å². The third-order valence-electron chi connectivity index (χ3n) is 11.2. The van der Waals surface area contributed by atoms with Crippen LogP contribution < -0.4 is 15.4 Å². The van der Waals surface area contributed by atoms with Crippen molar-refractivity contribution in [3.63, 3.8) is 0 Å². The quantitative estimate of drug-likeness (QED) is 0.0672. The molecule has 0 unspecified atom stereocenters. The van der Waals surface area contributed by atoms with E-state index in [9.17, 15) is 24.0 Å². The summed E-state index contributed by atoms with van der Waals surface area (Å²) in [6.07, 6.45) is 0.918. The highest BCUT2D eigenvalue weighted by Gasteiger charge is 2.48. The molecule has 18 heteroatoms. The maximum absolute atomic E-state index is 13.9. The van der Waals surface area contributed by atoms with Crippen molar-refractivity contribution in [1.29, 1.82) is 0 Å². The van der Waals surface area contributed by atoms with Crippen molar-refractivity contribution in [2.75, 3.05) is 80.1 Å². The highest BCUT2D eigenvalue weighted by molar-refractivity contribution is 6.32. The van der Waals surface area contributed by atoms with Crippen LogP contribution in [-0.2, 0) is 70.1 Å². The average molecular weight is 961 g/mol. The number of epoxide rings is 1. The number of amides is 2. The molecule has 0 radical (unpaired) electrons. The molecule has 0 saturated carbocycles. The Bertz CT molecular complexity index is 1930. The molecular formula is C49H70ClN3O14. The number of carbonyl (C=O) groups excluding carboxylic acids is 4. The SMILES string of the molecule is COc1ccc(C[C@H]2NC(=O)/C=C/C[C@@H]([C@H](C)[C@H]3O[C@@H]3c3ccc(CN(C)CCOCCOCCOCCOCCC(=O)O)cc3)OC(=O)[C@H](CC(C)C)OC(=O)C(C)(C)CNC2=O)cc1Cl. The molecule has 2 aliphatic heterocycles. The Morgan fingerprint density at radius 3 is 2.13 bits per heavy atom. The zero-order valence-electron chi connectivity index (χ0n) is 39.9. The van der Waals surface area contributed by atoms with Crippen LogP contribution in [0.2, 0.25) is 5.02 Å². The monoisotopic (exact) mass is 959 g/mol. The van der Waals surface area contributed by atoms with E-state index in [4.69, 9.17) is 54.6 Å². The highest BCUT2D eigenvalue weighted by Crippen LogP contribution is 2.45. The van der Waals surface area contributed by atoms with E-state index >= 15 is 0 Å². The number of nitrogens with zero attached hydrogens (tertiary/aromatic N) is 1. The molecule has 2 aromatic rings. The Labute approximate surface area is 399 Å². The molecular weight excluding hydrogens is 890 g/mol. The fraction of sp³-hybridized carbons (Fsp3) is 0.612. The second kappa shape index (κ2) is 28.0. The number of rotatable bonds is 25. The van der Waals surface area contributed by atoms with Crippen molar-refractivity contribution < 1.29 is 67.0 Å². The molecule has 3 N–H and O–H groups in total. The van der Waals surface area contributed by atoms with Gasteiger partial charge in [-0.05, 0) is 68.1 Å². The first-order valence-electron chi connectivity index (χ1n) is 22.9. The minimum absolute atomic E-state index is 0.0148. The van der Waals surface area contributed by atoms with E-state index in [0.717, 1.165) is 17.7 Å². The summed E-state index contributed by atoms with van der Waals surface area (Å²) < 4.78 is 45.3. The second-order valence-corrected chi connectivity index (χ2v) is 18.3. The van der Waals surface area contributed by atoms with E-state index in [0.29, 0.717) is 69.1 Å². The van der Waals surface area contributed by atoms with E-state index in [1.54, 1.807) is 38.1 Å². The first-order valence-corrected chi connectivity index (χ1v) is 23.3. The lowest BCUT2D eigenvalue weighted by atomic mass is 9.92. The molecule has 17 nitrogen and oxygen atoms in total. The van der Waals surface area contributed by atoms with Gasteiger partial charge < -0.3 is 53.6 Å². The van der Waals surface area contributed by atoms with Crippen LogP contribution in [0.25, 0.3) is 0 Å². The van der Waals surface area contributed by atoms with E-state index in [2.05, 4.69) is 27.7 Å². The summed E-state index contributed by atoms with van der Waals surface area (Å²) in [6.45, 7) is 13.5. The van der Waals surface area contributed by atoms with Crippen LogP contribution in [0.4, 0.5) is 0 Å². The summed E-state index contributed by atoms with van der Waals surface area (Å²) in [5, 5.41) is 14.5. The molecule has 67 heavy (non-hydrogen) atoms. The summed E-state index contributed by atoms with van der Waals surface area (Å²) in [5.74, 6) is -3.17. The zero-order chi connectivity index (χ0) is 48.9. The number of hydrogen-bond acceptors (Lipinski definition) is 14. The van der Waals surface area contributed by atoms with Crippen molar-refractivity contribution in [2.45, 2.75) is 97.3 Å². The van der Waals surface area contributed by atoms with Gasteiger partial charge in [-0.25, -0.2) is 4.79 Å². The van der Waals surface area contributed by atoms with Crippen LogP contribution in [0.1, 0.15) is 76.7 Å². The van der Waals surface area contributed by atoms with Gasteiger partial charge in [0.1, 0.15) is 24.0 Å². The van der Waals surface area contributed by atoms with Gasteiger partial charge in [-0.1, -0.05) is 68.8 Å². The number of ether oxygens (including phenoxy) is 8. The summed E-state index contributed by atoms with van der Waals surface area (Å²) >= 11 is 6.37. The van der Waals surface area contributed by atoms with Gasteiger partial charge in [-0.2, -0.15) is 0 Å². The summed E-state index contributed by atoms with van der Waals surface area (Å²) in [4.78, 5) is 67.1. The Morgan fingerprint density at radius 1 is 0.896 bits per heavy atom. The number of benzene rings is 2. The van der Waals surface area contributed by atoms with Crippen LogP contribution in [0.3, 0.4) is 0 Å². The lowest BCUT2D eigenvalue weighted by Gasteiger charge is -2.29. The standard InChI is InChI=1S/C49H70ClN3O14/c1-32(2)27-41-47(58)65-39(9-8-10-42(54)52-38(29-35-13-16-40(60-7)37(50)28-35)46(57)51-31-49(4,5)48(59)66-41)33(3)44-45(67-44)36-14-11-34(12-15-36)30-53(6)18-20-62-22-24-64-26-25-63-23-21-61-19-17-43(55)56/h8,10-16,28,32-33,38-39,41,44-45H,9,17-27,29-31H2,1-7H3,(H,51,57)(H,52,54)(H,55,56)/b10-8+/t33-,38+,39-,41-,44+,45+/m0/s1. The number of esters is 2. The molecule has 1 saturated heterocycles. The number of nitrogens with one attached hydrogen (secondary N) is 2. The number of carboxylic acids is 1. The van der Waals surface area contributed by atoms with Gasteiger partial charge in [0.25, 0.3) is 0 Å². The number of hydrogen-bond donors (Lipinski definition) is 3. The smallest absolute Gasteiger partial charge is 0.347 e. The van der Waals surface area contributed by atoms with Gasteiger partial charge in [-0.15, -0.1) is 0 Å². The van der Waals surface area contributed by atoms with Gasteiger partial charge in [0.05, 0.1) is 82.9 Å². The average Bonchev–Trinajstić information content (AvgIpc) is 4.08. The predicted molar refractivity (Wildman–Crippen MR) is 248 cm³/mol. The Balaban J connectivity index is 1.32. The number of likely N-dealkylation sites (N-methyl/N-ethyl adjacent to an activating group) is 1. The number of aliphatic carboxylic acids is 1. The molecule has 4 rings (SSSR count). The molecule has 0 aliphatic carbocycles. The normalized spacial score (nSPS) is 22.4. The maximum atomic E-state index is 13.9. The third-order valence-corrected chi connectivity index (χ3v) is 11.5. The Morgan fingerprint density at radius 2 is 1.52 bits per heavy atom. The van der Waals surface area contributed by atoms with Gasteiger partial charge in [0.15, 0.2) is 6.10 Å². The molecule has 2 amide bonds. The van der Waals surface area contributed by atoms with E-state index in [1.807, 2.05) is 40.0 Å². The van der Waals surface area contributed by atoms with Gasteiger partial charge >= 0.3 is 17.9 Å². The predicted octanol–water partition coefficient (Wildman–Crippen LogP) is 5.10. The van der Waals surface area contributed by atoms with Crippen LogP contribution in [0.5, 0.6) is 5.75 Å². The minimum atomic E-state index is -1.23. The van der Waals surface area contributed by atoms with Crippen molar-refractivity contribution in [1.82, 2.24) is 15.5 Å². The summed E-state index contributed by atoms with van der Waals surface area (Å²) in [7, 11) is 3.52. The molecule has 0 spiro atoms. The van der Waals surface area contributed by atoms with Gasteiger partial charge in [0.2, 0.25) is 11.8 Å². The van der Waals surface area contributed by atoms with E-state index in [1.165, 1.54) is 13.2 Å². The molecule has 372 valence electrons. The molecule has 0 aromatic heterocycles. The molecule has 1 fully saturated rings. The van der Waals surface area contributed by atoms with Gasteiger partial charge in [0, 0.05) is 38.4 Å². The first kappa shape index (κ1) is 55.0. The third kappa shape index (κ3) is 19.5. The largest absolute Gasteiger partial charge is 0.495 e. The Kier molecular flexibility index (Phi) is 23.0. The zero-order valence-corrected chi connectivity index (χ0v) is 40.7. The number of methoxy groups -OCH3 is 1. The number of carbonyl (C=O) groups is 5. The van der Waals surface area contributed by atoms with Crippen molar-refractivity contribution in [2.24, 2.45) is 17.3 Å². The number of halogens is 1. The molecule has 6 atom stereocenters. The van der Waals surface area contributed by atoms with Crippen molar-refractivity contribution in [3.05, 3.63) is 76.3 Å². The van der Waals surface area contributed by atoms with Crippen molar-refractivity contribution >= 4 is 41.3 Å². The Hall–Kier alpha value is -4.62. The van der Waals surface area contributed by atoms with Crippen LogP contribution in [0.15, 0.2) is 54.6 Å². The topological polar surface area (TPSA) is 210 Å².